The zero-order chi connectivity index (χ0) is 22.2. The molecule has 1 aliphatic heterocycles. The Morgan fingerprint density at radius 3 is 2.55 bits per heavy atom. The first kappa shape index (κ1) is 21.3. The van der Waals surface area contributed by atoms with Crippen molar-refractivity contribution in [3.05, 3.63) is 76.6 Å². The summed E-state index contributed by atoms with van der Waals surface area (Å²) in [4.78, 5) is 12.9. The summed E-state index contributed by atoms with van der Waals surface area (Å²) in [6, 6.07) is 15.5. The number of nitrogens with one attached hydrogen (secondary N) is 1. The van der Waals surface area contributed by atoms with Crippen LogP contribution in [0, 0.1) is 13.8 Å². The van der Waals surface area contributed by atoms with Gasteiger partial charge in [-0.05, 0) is 49.6 Å². The normalized spacial score (nSPS) is 14.3. The lowest BCUT2D eigenvalue weighted by molar-refractivity contribution is -0.115. The number of rotatable bonds is 5. The van der Waals surface area contributed by atoms with E-state index in [9.17, 15) is 13.2 Å². The molecule has 0 atom stereocenters. The molecule has 0 bridgehead atoms. The lowest BCUT2D eigenvalue weighted by atomic mass is 9.99. The fourth-order valence-corrected chi connectivity index (χ4v) is 4.89. The monoisotopic (exact) mass is 438 g/mol. The number of hydrogen-bond acceptors (Lipinski definition) is 4. The number of benzene rings is 2. The molecule has 0 saturated carbocycles. The van der Waals surface area contributed by atoms with E-state index in [1.54, 1.807) is 0 Å². The van der Waals surface area contributed by atoms with Gasteiger partial charge in [-0.1, -0.05) is 30.3 Å². The quantitative estimate of drug-likeness (QED) is 0.664. The molecular weight excluding hydrogens is 412 g/mol. The maximum absolute atomic E-state index is 12.9. The van der Waals surface area contributed by atoms with Crippen LogP contribution >= 0.6 is 0 Å². The molecule has 0 fully saturated rings. The van der Waals surface area contributed by atoms with Crippen LogP contribution in [0.3, 0.4) is 0 Å². The van der Waals surface area contributed by atoms with Gasteiger partial charge >= 0.3 is 0 Å². The average Bonchev–Trinajstić information content (AvgIpc) is 3.02. The molecule has 0 unspecified atom stereocenters. The second-order valence-corrected chi connectivity index (χ2v) is 9.89. The van der Waals surface area contributed by atoms with Crippen LogP contribution in [0.2, 0.25) is 0 Å². The number of fused-ring (bicyclic) bond motifs is 1. The van der Waals surface area contributed by atoms with Crippen LogP contribution in [0.25, 0.3) is 5.69 Å². The molecule has 0 saturated heterocycles. The zero-order valence-corrected chi connectivity index (χ0v) is 18.7. The first-order valence-corrected chi connectivity index (χ1v) is 12.0. The van der Waals surface area contributed by atoms with Gasteiger partial charge in [0.05, 0.1) is 24.1 Å². The molecular formula is C23H26N4O3S. The van der Waals surface area contributed by atoms with E-state index in [4.69, 9.17) is 0 Å². The summed E-state index contributed by atoms with van der Waals surface area (Å²) in [5.74, 6) is -0.113. The van der Waals surface area contributed by atoms with Crippen molar-refractivity contribution < 1.29 is 13.2 Å². The standard InChI is InChI=1S/C23H26N4O3S/c1-16-21(17(2)27(25-16)19-9-5-4-6-10-19)14-23(28)24-22-11-7-8-18-15-26(31(3,29)30)13-12-20(18)22/h4-11H,12-15H2,1-3H3,(H,24,28). The van der Waals surface area contributed by atoms with E-state index in [1.807, 2.05) is 67.1 Å². The second kappa shape index (κ2) is 8.28. The number of aryl methyl sites for hydroxylation is 1. The number of aromatic nitrogens is 2. The maximum atomic E-state index is 12.9. The molecule has 8 heteroatoms. The van der Waals surface area contributed by atoms with Gasteiger partial charge in [-0.2, -0.15) is 9.40 Å². The number of carbonyl (C=O) groups excluding carboxylic acids is 1. The van der Waals surface area contributed by atoms with Crippen molar-refractivity contribution in [2.75, 3.05) is 18.1 Å². The molecule has 1 N–H and O–H groups in total. The minimum Gasteiger partial charge on any atom is -0.326 e. The van der Waals surface area contributed by atoms with Gasteiger partial charge in [0, 0.05) is 30.0 Å². The van der Waals surface area contributed by atoms with E-state index in [0.717, 1.165) is 39.5 Å². The predicted octanol–water partition coefficient (Wildman–Crippen LogP) is 2.99. The molecule has 31 heavy (non-hydrogen) atoms. The van der Waals surface area contributed by atoms with Crippen LogP contribution < -0.4 is 5.32 Å². The molecule has 1 aromatic heterocycles. The summed E-state index contributed by atoms with van der Waals surface area (Å²) in [6.45, 7) is 4.64. The van der Waals surface area contributed by atoms with Crippen LogP contribution in [-0.2, 0) is 34.2 Å². The Bertz CT molecular complexity index is 1230. The highest BCUT2D eigenvalue weighted by atomic mass is 32.2. The molecule has 3 aromatic rings. The van der Waals surface area contributed by atoms with Gasteiger partial charge in [0.15, 0.2) is 0 Å². The van der Waals surface area contributed by atoms with Crippen molar-refractivity contribution in [3.63, 3.8) is 0 Å². The summed E-state index contributed by atoms with van der Waals surface area (Å²) in [5.41, 5.74) is 6.33. The molecule has 0 spiro atoms. The van der Waals surface area contributed by atoms with Gasteiger partial charge in [-0.3, -0.25) is 4.79 Å². The van der Waals surface area contributed by atoms with Crippen LogP contribution in [0.1, 0.15) is 28.1 Å². The summed E-state index contributed by atoms with van der Waals surface area (Å²) < 4.78 is 27.1. The van der Waals surface area contributed by atoms with E-state index in [0.29, 0.717) is 19.5 Å². The number of sulfonamides is 1. The van der Waals surface area contributed by atoms with Crippen LogP contribution in [-0.4, -0.2) is 41.2 Å². The maximum Gasteiger partial charge on any atom is 0.228 e. The molecule has 162 valence electrons. The number of carbonyl (C=O) groups is 1. The Kier molecular flexibility index (Phi) is 5.68. The average molecular weight is 439 g/mol. The Labute approximate surface area is 182 Å². The van der Waals surface area contributed by atoms with E-state index < -0.39 is 10.0 Å². The predicted molar refractivity (Wildman–Crippen MR) is 121 cm³/mol. The van der Waals surface area contributed by atoms with Gasteiger partial charge in [0.2, 0.25) is 15.9 Å². The minimum atomic E-state index is -3.24. The van der Waals surface area contributed by atoms with Crippen LogP contribution in [0.5, 0.6) is 0 Å². The van der Waals surface area contributed by atoms with Crippen LogP contribution in [0.15, 0.2) is 48.5 Å². The molecule has 1 aliphatic rings. The fourth-order valence-electron chi connectivity index (χ4n) is 4.09. The van der Waals surface area contributed by atoms with Crippen molar-refractivity contribution in [2.24, 2.45) is 0 Å². The lowest BCUT2D eigenvalue weighted by Gasteiger charge is -2.28. The molecule has 7 nitrogen and oxygen atoms in total. The van der Waals surface area contributed by atoms with Gasteiger partial charge in [-0.25, -0.2) is 13.1 Å². The molecule has 2 aromatic carbocycles. The van der Waals surface area contributed by atoms with E-state index in [-0.39, 0.29) is 12.3 Å². The van der Waals surface area contributed by atoms with Gasteiger partial charge in [-0.15, -0.1) is 0 Å². The Balaban J connectivity index is 1.53. The second-order valence-electron chi connectivity index (χ2n) is 7.91. The van der Waals surface area contributed by atoms with Crippen molar-refractivity contribution in [2.45, 2.75) is 33.2 Å². The first-order valence-electron chi connectivity index (χ1n) is 10.2. The third-order valence-corrected chi connectivity index (χ3v) is 7.00. The summed E-state index contributed by atoms with van der Waals surface area (Å²) in [5, 5.41) is 7.65. The summed E-state index contributed by atoms with van der Waals surface area (Å²) in [6.07, 6.45) is 2.02. The minimum absolute atomic E-state index is 0.113. The highest BCUT2D eigenvalue weighted by Gasteiger charge is 2.25. The van der Waals surface area contributed by atoms with Gasteiger partial charge in [0.1, 0.15) is 0 Å². The molecule has 1 amide bonds. The Morgan fingerprint density at radius 2 is 1.84 bits per heavy atom. The number of hydrogen-bond donors (Lipinski definition) is 1. The van der Waals surface area contributed by atoms with Crippen molar-refractivity contribution in [1.82, 2.24) is 14.1 Å². The zero-order valence-electron chi connectivity index (χ0n) is 17.9. The highest BCUT2D eigenvalue weighted by Crippen LogP contribution is 2.28. The third kappa shape index (κ3) is 4.40. The fraction of sp³-hybridized carbons (Fsp3) is 0.304. The SMILES string of the molecule is Cc1nn(-c2ccccc2)c(C)c1CC(=O)Nc1cccc2c1CCN(S(C)(=O)=O)C2. The largest absolute Gasteiger partial charge is 0.326 e. The number of amides is 1. The Hall–Kier alpha value is -2.97. The number of para-hydroxylation sites is 1. The molecule has 4 rings (SSSR count). The van der Waals surface area contributed by atoms with Crippen LogP contribution in [0.4, 0.5) is 5.69 Å². The number of nitrogens with zero attached hydrogens (tertiary/aromatic N) is 3. The third-order valence-electron chi connectivity index (χ3n) is 5.75. The van der Waals surface area contributed by atoms with Crippen molar-refractivity contribution >= 4 is 21.6 Å². The van der Waals surface area contributed by atoms with Gasteiger partial charge in [0.25, 0.3) is 0 Å². The summed E-state index contributed by atoms with van der Waals surface area (Å²) in [7, 11) is -3.24. The first-order chi connectivity index (χ1) is 14.7. The van der Waals surface area contributed by atoms with E-state index in [2.05, 4.69) is 10.4 Å². The molecule has 0 radical (unpaired) electrons. The van der Waals surface area contributed by atoms with Gasteiger partial charge < -0.3 is 5.32 Å². The Morgan fingerprint density at radius 1 is 1.10 bits per heavy atom. The lowest BCUT2D eigenvalue weighted by Crippen LogP contribution is -2.35. The van der Waals surface area contributed by atoms with Crippen molar-refractivity contribution in [3.8, 4) is 5.69 Å². The highest BCUT2D eigenvalue weighted by molar-refractivity contribution is 7.88. The van der Waals surface area contributed by atoms with Crippen molar-refractivity contribution in [1.29, 1.82) is 0 Å². The molecule has 0 aliphatic carbocycles. The smallest absolute Gasteiger partial charge is 0.228 e. The number of anilines is 1. The summed E-state index contributed by atoms with van der Waals surface area (Å²) >= 11 is 0. The van der Waals surface area contributed by atoms with E-state index in [1.165, 1.54) is 10.6 Å². The van der Waals surface area contributed by atoms with E-state index >= 15 is 0 Å². The molecule has 2 heterocycles. The topological polar surface area (TPSA) is 84.3 Å².